The summed E-state index contributed by atoms with van der Waals surface area (Å²) in [7, 11) is 0. The van der Waals surface area contributed by atoms with E-state index < -0.39 is 17.8 Å². The minimum atomic E-state index is -1.07. The molecule has 116 valence electrons. The number of aromatic amines is 1. The van der Waals surface area contributed by atoms with Crippen LogP contribution in [0.3, 0.4) is 0 Å². The van der Waals surface area contributed by atoms with Crippen molar-refractivity contribution in [2.75, 3.05) is 6.54 Å². The van der Waals surface area contributed by atoms with Gasteiger partial charge in [0.05, 0.1) is 16.7 Å². The Bertz CT molecular complexity index is 761. The highest BCUT2D eigenvalue weighted by Crippen LogP contribution is 2.20. The molecular weight excluding hydrogens is 311 g/mol. The number of aliphatic hydroxyl groups excluding tert-OH is 1. The van der Waals surface area contributed by atoms with E-state index >= 15 is 0 Å². The molecule has 1 atom stereocenters. The van der Waals surface area contributed by atoms with Gasteiger partial charge in [-0.05, 0) is 30.2 Å². The Hall–Kier alpha value is -2.18. The van der Waals surface area contributed by atoms with Gasteiger partial charge in [0.15, 0.2) is 0 Å². The van der Waals surface area contributed by atoms with Crippen molar-refractivity contribution in [2.45, 2.75) is 13.0 Å². The molecule has 0 aliphatic carbocycles. The van der Waals surface area contributed by atoms with Gasteiger partial charge in [0, 0.05) is 18.8 Å². The zero-order valence-electron chi connectivity index (χ0n) is 11.7. The van der Waals surface area contributed by atoms with Crippen LogP contribution < -0.4 is 10.9 Å². The molecule has 0 aliphatic rings. The Balaban J connectivity index is 2.03. The summed E-state index contributed by atoms with van der Waals surface area (Å²) in [5.74, 6) is -1.08. The molecule has 1 aromatic heterocycles. The van der Waals surface area contributed by atoms with Gasteiger partial charge in [-0.15, -0.1) is 0 Å². The second-order valence-corrected chi connectivity index (χ2v) is 5.20. The van der Waals surface area contributed by atoms with Gasteiger partial charge in [-0.2, -0.15) is 0 Å². The van der Waals surface area contributed by atoms with Crippen LogP contribution in [-0.2, 0) is 0 Å². The molecule has 1 amide bonds. The molecule has 1 heterocycles. The van der Waals surface area contributed by atoms with Crippen LogP contribution in [0.25, 0.3) is 0 Å². The van der Waals surface area contributed by atoms with Gasteiger partial charge in [0.25, 0.3) is 5.91 Å². The van der Waals surface area contributed by atoms with E-state index in [2.05, 4.69) is 10.3 Å². The fourth-order valence-electron chi connectivity index (χ4n) is 1.94. The minimum absolute atomic E-state index is 0.0381. The molecule has 0 bridgehead atoms. The largest absolute Gasteiger partial charge is 0.387 e. The molecular formula is C15H14ClFN2O3. The van der Waals surface area contributed by atoms with Crippen LogP contribution in [0.2, 0.25) is 5.02 Å². The van der Waals surface area contributed by atoms with Gasteiger partial charge in [-0.3, -0.25) is 9.59 Å². The molecule has 0 spiro atoms. The summed E-state index contributed by atoms with van der Waals surface area (Å²) in [6.45, 7) is 1.54. The van der Waals surface area contributed by atoms with Gasteiger partial charge in [-0.1, -0.05) is 17.7 Å². The highest BCUT2D eigenvalue weighted by molar-refractivity contribution is 6.30. The normalized spacial score (nSPS) is 12.0. The van der Waals surface area contributed by atoms with Crippen molar-refractivity contribution in [3.63, 3.8) is 0 Å². The maximum absolute atomic E-state index is 13.3. The van der Waals surface area contributed by atoms with Gasteiger partial charge in [-0.25, -0.2) is 4.39 Å². The van der Waals surface area contributed by atoms with Crippen LogP contribution in [0.4, 0.5) is 4.39 Å². The smallest absolute Gasteiger partial charge is 0.253 e. The highest BCUT2D eigenvalue weighted by Gasteiger charge is 2.14. The third kappa shape index (κ3) is 3.72. The Morgan fingerprint density at radius 3 is 2.82 bits per heavy atom. The summed E-state index contributed by atoms with van der Waals surface area (Å²) >= 11 is 5.57. The SMILES string of the molecule is Cc1cc(=O)[nH]cc1C(=O)NCC(O)c1ccc(Cl)c(F)c1. The number of pyridine rings is 1. The number of hydrogen-bond donors (Lipinski definition) is 3. The average molecular weight is 325 g/mol. The first-order chi connectivity index (χ1) is 10.4. The standard InChI is InChI=1S/C15H14ClFN2O3/c1-8-4-14(21)18-6-10(8)15(22)19-7-13(20)9-2-3-11(16)12(17)5-9/h2-6,13,20H,7H2,1H3,(H,18,21)(H,19,22). The van der Waals surface area contributed by atoms with Crippen molar-refractivity contribution >= 4 is 17.5 Å². The minimum Gasteiger partial charge on any atom is -0.387 e. The second-order valence-electron chi connectivity index (χ2n) is 4.79. The predicted octanol–water partition coefficient (Wildman–Crippen LogP) is 1.94. The predicted molar refractivity (Wildman–Crippen MR) is 80.5 cm³/mol. The monoisotopic (exact) mass is 324 g/mol. The molecule has 3 N–H and O–H groups in total. The van der Waals surface area contributed by atoms with Gasteiger partial charge in [0.1, 0.15) is 5.82 Å². The Morgan fingerprint density at radius 2 is 2.18 bits per heavy atom. The first-order valence-electron chi connectivity index (χ1n) is 6.49. The van der Waals surface area contributed by atoms with Gasteiger partial charge in [0.2, 0.25) is 5.56 Å². The molecule has 0 fully saturated rings. The molecule has 1 unspecified atom stereocenters. The fraction of sp³-hybridized carbons (Fsp3) is 0.200. The Labute approximate surface area is 130 Å². The number of nitrogens with one attached hydrogen (secondary N) is 2. The fourth-order valence-corrected chi connectivity index (χ4v) is 2.06. The van der Waals surface area contributed by atoms with E-state index in [1.165, 1.54) is 24.4 Å². The van der Waals surface area contributed by atoms with Crippen LogP contribution in [0.1, 0.15) is 27.6 Å². The van der Waals surface area contributed by atoms with Gasteiger partial charge < -0.3 is 15.4 Å². The number of aryl methyl sites for hydroxylation is 1. The molecule has 22 heavy (non-hydrogen) atoms. The van der Waals surface area contributed by atoms with Crippen LogP contribution in [0, 0.1) is 12.7 Å². The highest BCUT2D eigenvalue weighted by atomic mass is 35.5. The number of hydrogen-bond acceptors (Lipinski definition) is 3. The maximum atomic E-state index is 13.3. The van der Waals surface area contributed by atoms with Crippen molar-refractivity contribution in [1.29, 1.82) is 0 Å². The van der Waals surface area contributed by atoms with E-state index in [4.69, 9.17) is 11.6 Å². The van der Waals surface area contributed by atoms with Crippen LogP contribution in [0.15, 0.2) is 35.3 Å². The average Bonchev–Trinajstić information content (AvgIpc) is 2.47. The lowest BCUT2D eigenvalue weighted by atomic mass is 10.1. The number of amides is 1. The van der Waals surface area contributed by atoms with Gasteiger partial charge >= 0.3 is 0 Å². The lowest BCUT2D eigenvalue weighted by Crippen LogP contribution is -2.29. The number of benzene rings is 1. The van der Waals surface area contributed by atoms with Crippen LogP contribution in [0.5, 0.6) is 0 Å². The van der Waals surface area contributed by atoms with E-state index in [0.717, 1.165) is 6.07 Å². The van der Waals surface area contributed by atoms with Crippen LogP contribution in [-0.4, -0.2) is 22.5 Å². The summed E-state index contributed by atoms with van der Waals surface area (Å²) in [6, 6.07) is 5.24. The van der Waals surface area contributed by atoms with Crippen LogP contribution >= 0.6 is 11.6 Å². The third-order valence-electron chi connectivity index (χ3n) is 3.16. The zero-order valence-corrected chi connectivity index (χ0v) is 12.4. The summed E-state index contributed by atoms with van der Waals surface area (Å²) in [6.07, 6.45) is 0.236. The number of carbonyl (C=O) groups excluding carboxylic acids is 1. The Morgan fingerprint density at radius 1 is 1.45 bits per heavy atom. The molecule has 7 heteroatoms. The second kappa shape index (κ2) is 6.72. The zero-order chi connectivity index (χ0) is 16.3. The van der Waals surface area contributed by atoms with Crippen molar-refractivity contribution < 1.29 is 14.3 Å². The first-order valence-corrected chi connectivity index (χ1v) is 6.87. The van der Waals surface area contributed by atoms with E-state index in [0.29, 0.717) is 16.7 Å². The lowest BCUT2D eigenvalue weighted by molar-refractivity contribution is 0.0915. The third-order valence-corrected chi connectivity index (χ3v) is 3.47. The molecule has 0 aliphatic heterocycles. The summed E-state index contributed by atoms with van der Waals surface area (Å²) in [5, 5.41) is 12.4. The van der Waals surface area contributed by atoms with Crippen molar-refractivity contribution in [2.24, 2.45) is 0 Å². The Kier molecular flexibility index (Phi) is 4.95. The molecule has 1 aromatic carbocycles. The number of rotatable bonds is 4. The number of halogens is 2. The quantitative estimate of drug-likeness (QED) is 0.804. The molecule has 2 aromatic rings. The molecule has 0 radical (unpaired) electrons. The number of H-pyrrole nitrogens is 1. The number of aromatic nitrogens is 1. The summed E-state index contributed by atoms with van der Waals surface area (Å²) in [5.41, 5.74) is 0.827. The van der Waals surface area contributed by atoms with Crippen molar-refractivity contribution in [3.8, 4) is 0 Å². The maximum Gasteiger partial charge on any atom is 0.253 e. The summed E-state index contributed by atoms with van der Waals surface area (Å²) < 4.78 is 13.3. The van der Waals surface area contributed by atoms with Crippen molar-refractivity contribution in [1.82, 2.24) is 10.3 Å². The van der Waals surface area contributed by atoms with E-state index in [1.807, 2.05) is 0 Å². The molecule has 2 rings (SSSR count). The first kappa shape index (κ1) is 16.2. The molecule has 0 saturated carbocycles. The van der Waals surface area contributed by atoms with Crippen molar-refractivity contribution in [3.05, 3.63) is 68.3 Å². The number of aliphatic hydroxyl groups is 1. The molecule has 5 nitrogen and oxygen atoms in total. The summed E-state index contributed by atoms with van der Waals surface area (Å²) in [4.78, 5) is 25.5. The number of carbonyl (C=O) groups is 1. The lowest BCUT2D eigenvalue weighted by Gasteiger charge is -2.13. The van der Waals surface area contributed by atoms with E-state index in [9.17, 15) is 19.1 Å². The molecule has 0 saturated heterocycles. The topological polar surface area (TPSA) is 82.2 Å². The van der Waals surface area contributed by atoms with E-state index in [-0.39, 0.29) is 17.1 Å². The van der Waals surface area contributed by atoms with E-state index in [1.54, 1.807) is 6.92 Å².